The summed E-state index contributed by atoms with van der Waals surface area (Å²) < 4.78 is 2.10. The largest absolute Gasteiger partial charge is 0.361 e. The molecule has 3 rings (SSSR count). The van der Waals surface area contributed by atoms with Gasteiger partial charge in [-0.1, -0.05) is 6.07 Å². The molecule has 2 nitrogen and oxygen atoms in total. The molecule has 2 heteroatoms. The van der Waals surface area contributed by atoms with Crippen molar-refractivity contribution in [2.24, 2.45) is 0 Å². The quantitative estimate of drug-likeness (QED) is 0.597. The van der Waals surface area contributed by atoms with E-state index >= 15 is 0 Å². The molecule has 0 aliphatic carbocycles. The number of nitrogens with one attached hydrogen (secondary N) is 1. The first-order chi connectivity index (χ1) is 6.93. The lowest BCUT2D eigenvalue weighted by Crippen LogP contribution is -1.88. The lowest BCUT2D eigenvalue weighted by Gasteiger charge is -2.02. The van der Waals surface area contributed by atoms with Gasteiger partial charge in [-0.15, -0.1) is 0 Å². The Morgan fingerprint density at radius 3 is 2.71 bits per heavy atom. The maximum Gasteiger partial charge on any atom is 0.0474 e. The molecule has 0 spiro atoms. The lowest BCUT2D eigenvalue weighted by atomic mass is 10.2. The second kappa shape index (κ2) is 2.77. The summed E-state index contributed by atoms with van der Waals surface area (Å²) in [5.41, 5.74) is 2.36. The Labute approximate surface area is 81.8 Å². The summed E-state index contributed by atoms with van der Waals surface area (Å²) >= 11 is 0. The third-order valence-electron chi connectivity index (χ3n) is 2.44. The van der Waals surface area contributed by atoms with Crippen LogP contribution in [-0.4, -0.2) is 9.55 Å². The highest BCUT2D eigenvalue weighted by Crippen LogP contribution is 2.16. The van der Waals surface area contributed by atoms with Crippen molar-refractivity contribution in [3.63, 3.8) is 0 Å². The normalized spacial score (nSPS) is 10.9. The summed E-state index contributed by atoms with van der Waals surface area (Å²) in [6.07, 6.45) is 6.05. The van der Waals surface area contributed by atoms with Crippen molar-refractivity contribution >= 4 is 10.9 Å². The van der Waals surface area contributed by atoms with Gasteiger partial charge in [0, 0.05) is 29.8 Å². The second-order valence-corrected chi connectivity index (χ2v) is 3.34. The van der Waals surface area contributed by atoms with Gasteiger partial charge >= 0.3 is 0 Å². The van der Waals surface area contributed by atoms with Crippen LogP contribution in [0.3, 0.4) is 0 Å². The molecule has 2 heterocycles. The van der Waals surface area contributed by atoms with Gasteiger partial charge in [0.25, 0.3) is 0 Å². The Balaban J connectivity index is 2.23. The molecule has 0 radical (unpaired) electrons. The van der Waals surface area contributed by atoms with Crippen LogP contribution in [0.5, 0.6) is 0 Å². The Morgan fingerprint density at radius 1 is 1.00 bits per heavy atom. The summed E-state index contributed by atoms with van der Waals surface area (Å²) in [5.74, 6) is 0. The maximum absolute atomic E-state index is 3.21. The van der Waals surface area contributed by atoms with E-state index in [1.165, 1.54) is 16.6 Å². The van der Waals surface area contributed by atoms with E-state index in [-0.39, 0.29) is 0 Å². The maximum atomic E-state index is 3.21. The summed E-state index contributed by atoms with van der Waals surface area (Å²) in [4.78, 5) is 3.21. The van der Waals surface area contributed by atoms with Gasteiger partial charge in [-0.25, -0.2) is 0 Å². The van der Waals surface area contributed by atoms with Crippen LogP contribution in [0.4, 0.5) is 0 Å². The fourth-order valence-corrected chi connectivity index (χ4v) is 1.70. The molecule has 1 N–H and O–H groups in total. The molecule has 0 fully saturated rings. The number of hydrogen-bond donors (Lipinski definition) is 1. The van der Waals surface area contributed by atoms with Crippen LogP contribution in [0.2, 0.25) is 0 Å². The highest BCUT2D eigenvalue weighted by Gasteiger charge is 1.97. The first kappa shape index (κ1) is 7.44. The number of hydrogen-bond acceptors (Lipinski definition) is 0. The lowest BCUT2D eigenvalue weighted by molar-refractivity contribution is 1.08. The van der Waals surface area contributed by atoms with Crippen LogP contribution < -0.4 is 0 Å². The van der Waals surface area contributed by atoms with Gasteiger partial charge in [0.1, 0.15) is 0 Å². The molecule has 0 saturated carbocycles. The zero-order chi connectivity index (χ0) is 9.38. The Bertz CT molecular complexity index is 546. The van der Waals surface area contributed by atoms with E-state index in [4.69, 9.17) is 0 Å². The number of benzene rings is 1. The first-order valence-corrected chi connectivity index (χ1v) is 4.64. The number of rotatable bonds is 1. The minimum Gasteiger partial charge on any atom is -0.361 e. The van der Waals surface area contributed by atoms with E-state index in [2.05, 4.69) is 33.8 Å². The van der Waals surface area contributed by atoms with Gasteiger partial charge in [-0.3, -0.25) is 0 Å². The summed E-state index contributed by atoms with van der Waals surface area (Å²) in [6, 6.07) is 12.5. The second-order valence-electron chi connectivity index (χ2n) is 3.34. The molecule has 2 aromatic heterocycles. The summed E-state index contributed by atoms with van der Waals surface area (Å²) in [7, 11) is 0. The zero-order valence-electron chi connectivity index (χ0n) is 7.64. The van der Waals surface area contributed by atoms with E-state index in [1.807, 2.05) is 30.7 Å². The van der Waals surface area contributed by atoms with Crippen LogP contribution in [0.1, 0.15) is 0 Å². The monoisotopic (exact) mass is 182 g/mol. The fraction of sp³-hybridized carbons (Fsp3) is 0. The van der Waals surface area contributed by atoms with E-state index in [0.717, 1.165) is 0 Å². The van der Waals surface area contributed by atoms with Crippen LogP contribution in [0, 0.1) is 0 Å². The third-order valence-corrected chi connectivity index (χ3v) is 2.44. The zero-order valence-corrected chi connectivity index (χ0v) is 7.64. The average Bonchev–Trinajstić information content (AvgIpc) is 2.88. The van der Waals surface area contributed by atoms with Crippen LogP contribution in [0.15, 0.2) is 55.0 Å². The van der Waals surface area contributed by atoms with Gasteiger partial charge in [-0.2, -0.15) is 0 Å². The topological polar surface area (TPSA) is 20.7 Å². The molecule has 0 saturated heterocycles. The van der Waals surface area contributed by atoms with Crippen LogP contribution in [-0.2, 0) is 0 Å². The number of aromatic amines is 1. The van der Waals surface area contributed by atoms with Crippen molar-refractivity contribution in [2.45, 2.75) is 0 Å². The van der Waals surface area contributed by atoms with Crippen molar-refractivity contribution < 1.29 is 0 Å². The molecule has 68 valence electrons. The van der Waals surface area contributed by atoms with Gasteiger partial charge < -0.3 is 9.55 Å². The van der Waals surface area contributed by atoms with Crippen molar-refractivity contribution in [3.8, 4) is 5.69 Å². The first-order valence-electron chi connectivity index (χ1n) is 4.64. The summed E-state index contributed by atoms with van der Waals surface area (Å²) in [5, 5.41) is 1.25. The molecular formula is C12H10N2. The Hall–Kier alpha value is -1.96. The molecule has 0 aliphatic heterocycles. The SMILES string of the molecule is c1ccn(-c2ccc3cc[nH]c3c2)c1. The molecule has 14 heavy (non-hydrogen) atoms. The summed E-state index contributed by atoms with van der Waals surface area (Å²) in [6.45, 7) is 0. The molecule has 0 amide bonds. The van der Waals surface area contributed by atoms with Crippen LogP contribution in [0.25, 0.3) is 16.6 Å². The number of H-pyrrole nitrogens is 1. The highest BCUT2D eigenvalue weighted by atomic mass is 14.9. The molecule has 3 aromatic rings. The smallest absolute Gasteiger partial charge is 0.0474 e. The van der Waals surface area contributed by atoms with E-state index in [0.29, 0.717) is 0 Å². The standard InChI is InChI=1S/C12H10N2/c1-2-8-14(7-1)11-4-3-10-5-6-13-12(10)9-11/h1-9,13H. The number of aromatic nitrogens is 2. The molecule has 1 aromatic carbocycles. The fourth-order valence-electron chi connectivity index (χ4n) is 1.70. The Morgan fingerprint density at radius 2 is 1.86 bits per heavy atom. The van der Waals surface area contributed by atoms with E-state index < -0.39 is 0 Å². The predicted molar refractivity (Wildman–Crippen MR) is 57.6 cm³/mol. The van der Waals surface area contributed by atoms with Gasteiger partial charge in [0.2, 0.25) is 0 Å². The highest BCUT2D eigenvalue weighted by molar-refractivity contribution is 5.81. The molecule has 0 aliphatic rings. The van der Waals surface area contributed by atoms with Crippen molar-refractivity contribution in [1.29, 1.82) is 0 Å². The van der Waals surface area contributed by atoms with E-state index in [1.54, 1.807) is 0 Å². The number of fused-ring (bicyclic) bond motifs is 1. The predicted octanol–water partition coefficient (Wildman–Crippen LogP) is 2.96. The minimum atomic E-state index is 1.18. The molecular weight excluding hydrogens is 172 g/mol. The molecule has 0 bridgehead atoms. The molecule has 0 unspecified atom stereocenters. The average molecular weight is 182 g/mol. The van der Waals surface area contributed by atoms with E-state index in [9.17, 15) is 0 Å². The number of nitrogens with zero attached hydrogens (tertiary/aromatic N) is 1. The minimum absolute atomic E-state index is 1.18. The van der Waals surface area contributed by atoms with Crippen molar-refractivity contribution in [3.05, 3.63) is 55.0 Å². The van der Waals surface area contributed by atoms with Gasteiger partial charge in [0.15, 0.2) is 0 Å². The third kappa shape index (κ3) is 1.04. The van der Waals surface area contributed by atoms with Gasteiger partial charge in [-0.05, 0) is 35.7 Å². The Kier molecular flexibility index (Phi) is 1.47. The van der Waals surface area contributed by atoms with Crippen LogP contribution >= 0.6 is 0 Å². The van der Waals surface area contributed by atoms with Crippen molar-refractivity contribution in [1.82, 2.24) is 9.55 Å². The van der Waals surface area contributed by atoms with Crippen molar-refractivity contribution in [2.75, 3.05) is 0 Å². The molecule has 0 atom stereocenters. The van der Waals surface area contributed by atoms with Gasteiger partial charge in [0.05, 0.1) is 0 Å².